The summed E-state index contributed by atoms with van der Waals surface area (Å²) in [6.45, 7) is 1.19. The van der Waals surface area contributed by atoms with Crippen molar-refractivity contribution in [2.75, 3.05) is 7.05 Å². The summed E-state index contributed by atoms with van der Waals surface area (Å²) in [6.07, 6.45) is 0. The van der Waals surface area contributed by atoms with E-state index in [2.05, 4.69) is 10.3 Å². The zero-order valence-corrected chi connectivity index (χ0v) is 10.9. The molecule has 2 aromatic rings. The SMILES string of the molecule is CNCc1ccccc1OCc1cccc(Cl)n1. The van der Waals surface area contributed by atoms with Crippen LogP contribution in [0.3, 0.4) is 0 Å². The van der Waals surface area contributed by atoms with Crippen molar-refractivity contribution in [3.8, 4) is 5.75 Å². The number of nitrogens with one attached hydrogen (secondary N) is 1. The highest BCUT2D eigenvalue weighted by Crippen LogP contribution is 2.19. The molecule has 18 heavy (non-hydrogen) atoms. The fourth-order valence-corrected chi connectivity index (χ4v) is 1.84. The molecule has 0 amide bonds. The third-order valence-corrected chi connectivity index (χ3v) is 2.70. The smallest absolute Gasteiger partial charge is 0.130 e. The highest BCUT2D eigenvalue weighted by molar-refractivity contribution is 6.29. The summed E-state index contributed by atoms with van der Waals surface area (Å²) in [7, 11) is 1.91. The molecule has 1 heterocycles. The Labute approximate surface area is 112 Å². The fraction of sp³-hybridized carbons (Fsp3) is 0.214. The van der Waals surface area contributed by atoms with Gasteiger partial charge in [0.05, 0.1) is 5.69 Å². The van der Waals surface area contributed by atoms with Gasteiger partial charge in [0.15, 0.2) is 0 Å². The van der Waals surface area contributed by atoms with Crippen LogP contribution in [0.1, 0.15) is 11.3 Å². The molecule has 0 saturated heterocycles. The van der Waals surface area contributed by atoms with Crippen molar-refractivity contribution in [1.82, 2.24) is 10.3 Å². The number of benzene rings is 1. The molecule has 0 atom stereocenters. The highest BCUT2D eigenvalue weighted by Gasteiger charge is 2.03. The van der Waals surface area contributed by atoms with Crippen LogP contribution in [0.4, 0.5) is 0 Å². The molecule has 0 unspecified atom stereocenters. The molecule has 1 aromatic heterocycles. The Bertz CT molecular complexity index is 517. The average molecular weight is 263 g/mol. The Morgan fingerprint density at radius 2 is 2.00 bits per heavy atom. The summed E-state index contributed by atoms with van der Waals surface area (Å²) in [6, 6.07) is 13.5. The second-order valence-corrected chi connectivity index (χ2v) is 4.27. The van der Waals surface area contributed by atoms with Gasteiger partial charge in [-0.2, -0.15) is 0 Å². The van der Waals surface area contributed by atoms with Crippen LogP contribution in [0.25, 0.3) is 0 Å². The lowest BCUT2D eigenvalue weighted by atomic mass is 10.2. The van der Waals surface area contributed by atoms with Gasteiger partial charge < -0.3 is 10.1 Å². The van der Waals surface area contributed by atoms with Crippen LogP contribution in [0.5, 0.6) is 5.75 Å². The van der Waals surface area contributed by atoms with E-state index in [1.165, 1.54) is 0 Å². The van der Waals surface area contributed by atoms with Crippen molar-refractivity contribution in [2.45, 2.75) is 13.2 Å². The lowest BCUT2D eigenvalue weighted by Crippen LogP contribution is -2.07. The third-order valence-electron chi connectivity index (χ3n) is 2.49. The van der Waals surface area contributed by atoms with Gasteiger partial charge in [0.2, 0.25) is 0 Å². The van der Waals surface area contributed by atoms with Crippen LogP contribution >= 0.6 is 11.6 Å². The first-order chi connectivity index (χ1) is 8.79. The van der Waals surface area contributed by atoms with Crippen molar-refractivity contribution < 1.29 is 4.74 Å². The lowest BCUT2D eigenvalue weighted by Gasteiger charge is -2.10. The fourth-order valence-electron chi connectivity index (χ4n) is 1.66. The molecule has 0 fully saturated rings. The predicted molar refractivity (Wildman–Crippen MR) is 72.8 cm³/mol. The van der Waals surface area contributed by atoms with Crippen molar-refractivity contribution in [2.24, 2.45) is 0 Å². The van der Waals surface area contributed by atoms with Crippen LogP contribution in [0, 0.1) is 0 Å². The minimum absolute atomic E-state index is 0.418. The molecule has 94 valence electrons. The van der Waals surface area contributed by atoms with Crippen molar-refractivity contribution in [3.05, 3.63) is 58.9 Å². The van der Waals surface area contributed by atoms with Gasteiger partial charge in [-0.15, -0.1) is 0 Å². The maximum atomic E-state index is 5.83. The minimum atomic E-state index is 0.418. The van der Waals surface area contributed by atoms with Gasteiger partial charge in [-0.3, -0.25) is 0 Å². The molecule has 0 aliphatic heterocycles. The number of aromatic nitrogens is 1. The van der Waals surface area contributed by atoms with E-state index in [1.807, 2.05) is 43.4 Å². The van der Waals surface area contributed by atoms with Gasteiger partial charge in [-0.05, 0) is 25.2 Å². The summed E-state index contributed by atoms with van der Waals surface area (Å²) >= 11 is 5.83. The summed E-state index contributed by atoms with van der Waals surface area (Å²) in [5, 5.41) is 3.60. The zero-order chi connectivity index (χ0) is 12.8. The van der Waals surface area contributed by atoms with Crippen LogP contribution in [-0.4, -0.2) is 12.0 Å². The Balaban J connectivity index is 2.06. The molecule has 0 aliphatic rings. The first-order valence-electron chi connectivity index (χ1n) is 5.76. The number of pyridine rings is 1. The molecule has 3 nitrogen and oxygen atoms in total. The number of hydrogen-bond acceptors (Lipinski definition) is 3. The maximum absolute atomic E-state index is 5.83. The van der Waals surface area contributed by atoms with E-state index in [1.54, 1.807) is 6.07 Å². The Morgan fingerprint density at radius 1 is 1.17 bits per heavy atom. The van der Waals surface area contributed by atoms with Gasteiger partial charge in [-0.1, -0.05) is 35.9 Å². The lowest BCUT2D eigenvalue weighted by molar-refractivity contribution is 0.297. The summed E-state index contributed by atoms with van der Waals surface area (Å²) in [5.74, 6) is 0.869. The topological polar surface area (TPSA) is 34.1 Å². The number of halogens is 1. The standard InChI is InChI=1S/C14H15ClN2O/c1-16-9-11-5-2-3-7-13(11)18-10-12-6-4-8-14(15)17-12/h2-8,16H,9-10H2,1H3. The van der Waals surface area contributed by atoms with E-state index >= 15 is 0 Å². The number of para-hydroxylation sites is 1. The molecule has 0 aliphatic carbocycles. The number of rotatable bonds is 5. The van der Waals surface area contributed by atoms with Gasteiger partial charge in [0.25, 0.3) is 0 Å². The summed E-state index contributed by atoms with van der Waals surface area (Å²) in [4.78, 5) is 4.19. The van der Waals surface area contributed by atoms with E-state index in [0.29, 0.717) is 11.8 Å². The van der Waals surface area contributed by atoms with Crippen LogP contribution in [0.2, 0.25) is 5.15 Å². The average Bonchev–Trinajstić information content (AvgIpc) is 2.38. The first kappa shape index (κ1) is 12.9. The number of nitrogens with zero attached hydrogens (tertiary/aromatic N) is 1. The normalized spacial score (nSPS) is 10.3. The molecule has 1 N–H and O–H groups in total. The largest absolute Gasteiger partial charge is 0.487 e. The monoisotopic (exact) mass is 262 g/mol. The Hall–Kier alpha value is -1.58. The van der Waals surface area contributed by atoms with Gasteiger partial charge in [-0.25, -0.2) is 4.98 Å². The minimum Gasteiger partial charge on any atom is -0.487 e. The zero-order valence-electron chi connectivity index (χ0n) is 10.2. The summed E-state index contributed by atoms with van der Waals surface area (Å²) in [5.41, 5.74) is 1.95. The summed E-state index contributed by atoms with van der Waals surface area (Å²) < 4.78 is 5.77. The molecule has 0 saturated carbocycles. The molecule has 2 rings (SSSR count). The maximum Gasteiger partial charge on any atom is 0.130 e. The quantitative estimate of drug-likeness (QED) is 0.841. The van der Waals surface area contributed by atoms with Crippen LogP contribution in [0.15, 0.2) is 42.5 Å². The molecule has 1 aromatic carbocycles. The van der Waals surface area contributed by atoms with Crippen molar-refractivity contribution in [3.63, 3.8) is 0 Å². The number of ether oxygens (including phenoxy) is 1. The Kier molecular flexibility index (Phi) is 4.56. The number of hydrogen-bond donors (Lipinski definition) is 1. The van der Waals surface area contributed by atoms with Crippen LogP contribution < -0.4 is 10.1 Å². The second-order valence-electron chi connectivity index (χ2n) is 3.88. The van der Waals surface area contributed by atoms with E-state index in [4.69, 9.17) is 16.3 Å². The van der Waals surface area contributed by atoms with Crippen LogP contribution in [-0.2, 0) is 13.2 Å². The van der Waals surface area contributed by atoms with E-state index < -0.39 is 0 Å². The molecular formula is C14H15ClN2O. The van der Waals surface area contributed by atoms with Gasteiger partial charge in [0, 0.05) is 12.1 Å². The molecule has 0 bridgehead atoms. The molecule has 0 spiro atoms. The van der Waals surface area contributed by atoms with Gasteiger partial charge in [0.1, 0.15) is 17.5 Å². The van der Waals surface area contributed by atoms with Crippen molar-refractivity contribution in [1.29, 1.82) is 0 Å². The predicted octanol–water partition coefficient (Wildman–Crippen LogP) is 3.03. The van der Waals surface area contributed by atoms with Gasteiger partial charge >= 0.3 is 0 Å². The second kappa shape index (κ2) is 6.38. The molecule has 0 radical (unpaired) electrons. The van der Waals surface area contributed by atoms with Crippen molar-refractivity contribution >= 4 is 11.6 Å². The van der Waals surface area contributed by atoms with E-state index in [-0.39, 0.29) is 0 Å². The molecular weight excluding hydrogens is 248 g/mol. The molecule has 4 heteroatoms. The first-order valence-corrected chi connectivity index (χ1v) is 6.14. The van der Waals surface area contributed by atoms with E-state index in [0.717, 1.165) is 23.6 Å². The van der Waals surface area contributed by atoms with E-state index in [9.17, 15) is 0 Å². The third kappa shape index (κ3) is 3.45. The highest BCUT2D eigenvalue weighted by atomic mass is 35.5. The Morgan fingerprint density at radius 3 is 2.78 bits per heavy atom.